The summed E-state index contributed by atoms with van der Waals surface area (Å²) in [4.78, 5) is 0. The summed E-state index contributed by atoms with van der Waals surface area (Å²) in [7, 11) is 0. The van der Waals surface area contributed by atoms with Gasteiger partial charge in [0.2, 0.25) is 0 Å². The van der Waals surface area contributed by atoms with Gasteiger partial charge < -0.3 is 10.5 Å². The summed E-state index contributed by atoms with van der Waals surface area (Å²) in [6.45, 7) is -0.174. The highest BCUT2D eigenvalue weighted by Crippen LogP contribution is 2.32. The summed E-state index contributed by atoms with van der Waals surface area (Å²) >= 11 is 0. The average Bonchev–Trinajstić information content (AvgIpc) is 2.36. The maximum absolute atomic E-state index is 12.8. The molecule has 19 heavy (non-hydrogen) atoms. The Morgan fingerprint density at radius 3 is 2.58 bits per heavy atom. The minimum absolute atomic E-state index is 0.0809. The predicted molar refractivity (Wildman–Crippen MR) is 65.5 cm³/mol. The van der Waals surface area contributed by atoms with Gasteiger partial charge >= 0.3 is 6.18 Å². The Hall–Kier alpha value is -2.17. The van der Waals surface area contributed by atoms with E-state index in [1.807, 2.05) is 0 Å². The van der Waals surface area contributed by atoms with E-state index in [0.717, 1.165) is 6.07 Å². The van der Waals surface area contributed by atoms with E-state index in [1.165, 1.54) is 24.3 Å². The minimum Gasteiger partial charge on any atom is -0.489 e. The van der Waals surface area contributed by atoms with E-state index in [4.69, 9.17) is 10.5 Å². The summed E-state index contributed by atoms with van der Waals surface area (Å²) in [6, 6.07) is 12.7. The number of halogens is 3. The second-order valence-electron chi connectivity index (χ2n) is 3.95. The lowest BCUT2D eigenvalue weighted by molar-refractivity contribution is -0.138. The van der Waals surface area contributed by atoms with Gasteiger partial charge in [0.05, 0.1) is 5.56 Å². The number of hydrogen-bond donors (Lipinski definition) is 1. The van der Waals surface area contributed by atoms with E-state index >= 15 is 0 Å². The molecule has 0 aliphatic rings. The normalized spacial score (nSPS) is 11.3. The Labute approximate surface area is 108 Å². The molecule has 5 heteroatoms. The molecule has 0 aromatic heterocycles. The Bertz CT molecular complexity index is 567. The van der Waals surface area contributed by atoms with Crippen LogP contribution < -0.4 is 10.5 Å². The van der Waals surface area contributed by atoms with Crippen molar-refractivity contribution in [2.45, 2.75) is 12.8 Å². The smallest absolute Gasteiger partial charge is 0.416 e. The number of anilines is 1. The molecule has 0 spiro atoms. The first kappa shape index (κ1) is 13.3. The van der Waals surface area contributed by atoms with Gasteiger partial charge in [-0.1, -0.05) is 18.2 Å². The van der Waals surface area contributed by atoms with Gasteiger partial charge in [-0.25, -0.2) is 0 Å². The van der Waals surface area contributed by atoms with E-state index in [2.05, 4.69) is 6.07 Å². The first-order chi connectivity index (χ1) is 8.97. The fraction of sp³-hybridized carbons (Fsp3) is 0.143. The van der Waals surface area contributed by atoms with Crippen LogP contribution in [0.1, 0.15) is 11.1 Å². The van der Waals surface area contributed by atoms with Crippen LogP contribution in [0.5, 0.6) is 5.75 Å². The van der Waals surface area contributed by atoms with Crippen LogP contribution in [-0.2, 0) is 12.8 Å². The van der Waals surface area contributed by atoms with Crippen LogP contribution in [0.2, 0.25) is 0 Å². The number of hydrogen-bond acceptors (Lipinski definition) is 2. The molecular formula is C14H11F3NO. The Morgan fingerprint density at radius 2 is 1.89 bits per heavy atom. The lowest BCUT2D eigenvalue weighted by atomic mass is 10.1. The van der Waals surface area contributed by atoms with Crippen molar-refractivity contribution in [1.82, 2.24) is 0 Å². The van der Waals surface area contributed by atoms with E-state index in [0.29, 0.717) is 11.4 Å². The molecule has 0 fully saturated rings. The number of ether oxygens (including phenoxy) is 1. The maximum Gasteiger partial charge on any atom is 0.416 e. The SMILES string of the molecule is Nc1c[c]cc(OCc2ccccc2C(F)(F)F)c1. The lowest BCUT2D eigenvalue weighted by Gasteiger charge is -2.13. The van der Waals surface area contributed by atoms with E-state index < -0.39 is 11.7 Å². The average molecular weight is 266 g/mol. The Kier molecular flexibility index (Phi) is 3.64. The molecule has 0 saturated heterocycles. The molecule has 2 N–H and O–H groups in total. The molecule has 0 unspecified atom stereocenters. The Morgan fingerprint density at radius 1 is 1.16 bits per heavy atom. The highest BCUT2D eigenvalue weighted by Gasteiger charge is 2.32. The van der Waals surface area contributed by atoms with Crippen LogP contribution in [0.4, 0.5) is 18.9 Å². The van der Waals surface area contributed by atoms with Crippen LogP contribution in [0, 0.1) is 6.07 Å². The van der Waals surface area contributed by atoms with Crippen LogP contribution in [0.15, 0.2) is 42.5 Å². The standard InChI is InChI=1S/C14H11F3NO/c15-14(16,17)13-7-2-1-4-10(13)9-19-12-6-3-5-11(18)8-12/h1-2,4-8H,9,18H2. The molecule has 0 saturated carbocycles. The first-order valence-corrected chi connectivity index (χ1v) is 5.51. The van der Waals surface area contributed by atoms with Crippen LogP contribution in [0.25, 0.3) is 0 Å². The van der Waals surface area contributed by atoms with Crippen LogP contribution >= 0.6 is 0 Å². The predicted octanol–water partition coefficient (Wildman–Crippen LogP) is 3.67. The summed E-state index contributed by atoms with van der Waals surface area (Å²) < 4.78 is 43.6. The monoisotopic (exact) mass is 266 g/mol. The van der Waals surface area contributed by atoms with Crippen molar-refractivity contribution in [3.05, 3.63) is 59.7 Å². The molecule has 2 aromatic rings. The number of benzene rings is 2. The summed E-state index contributed by atoms with van der Waals surface area (Å²) in [6.07, 6.45) is -4.39. The molecule has 1 radical (unpaired) electrons. The van der Waals surface area contributed by atoms with Gasteiger partial charge in [-0.15, -0.1) is 0 Å². The molecular weight excluding hydrogens is 255 g/mol. The quantitative estimate of drug-likeness (QED) is 0.860. The van der Waals surface area contributed by atoms with E-state index in [9.17, 15) is 13.2 Å². The van der Waals surface area contributed by atoms with Gasteiger partial charge in [0.25, 0.3) is 0 Å². The van der Waals surface area contributed by atoms with Gasteiger partial charge in [0, 0.05) is 17.3 Å². The third-order valence-corrected chi connectivity index (χ3v) is 2.50. The number of rotatable bonds is 3. The fourth-order valence-electron chi connectivity index (χ4n) is 1.63. The van der Waals surface area contributed by atoms with Crippen molar-refractivity contribution in [3.8, 4) is 5.75 Å². The highest BCUT2D eigenvalue weighted by molar-refractivity contribution is 5.43. The zero-order chi connectivity index (χ0) is 13.9. The molecule has 0 aliphatic carbocycles. The van der Waals surface area contributed by atoms with E-state index in [1.54, 1.807) is 12.1 Å². The molecule has 2 nitrogen and oxygen atoms in total. The number of alkyl halides is 3. The summed E-state index contributed by atoms with van der Waals surface area (Å²) in [5.74, 6) is 0.386. The molecule has 0 amide bonds. The second kappa shape index (κ2) is 5.22. The van der Waals surface area contributed by atoms with Crippen LogP contribution in [0.3, 0.4) is 0 Å². The topological polar surface area (TPSA) is 35.2 Å². The van der Waals surface area contributed by atoms with Gasteiger partial charge in [-0.2, -0.15) is 13.2 Å². The molecule has 2 rings (SSSR count). The molecule has 2 aromatic carbocycles. The van der Waals surface area contributed by atoms with Crippen molar-refractivity contribution in [1.29, 1.82) is 0 Å². The van der Waals surface area contributed by atoms with Crippen molar-refractivity contribution >= 4 is 5.69 Å². The summed E-state index contributed by atoms with van der Waals surface area (Å²) in [5, 5.41) is 0. The van der Waals surface area contributed by atoms with E-state index in [-0.39, 0.29) is 12.2 Å². The van der Waals surface area contributed by atoms with Gasteiger partial charge in [0.15, 0.2) is 0 Å². The molecule has 0 heterocycles. The van der Waals surface area contributed by atoms with Crippen molar-refractivity contribution in [2.75, 3.05) is 5.73 Å². The van der Waals surface area contributed by atoms with Gasteiger partial charge in [0.1, 0.15) is 12.4 Å². The minimum atomic E-state index is -4.39. The zero-order valence-electron chi connectivity index (χ0n) is 9.87. The zero-order valence-corrected chi connectivity index (χ0v) is 9.87. The third kappa shape index (κ3) is 3.40. The second-order valence-corrected chi connectivity index (χ2v) is 3.95. The molecule has 99 valence electrons. The molecule has 0 atom stereocenters. The largest absolute Gasteiger partial charge is 0.489 e. The molecule has 0 aliphatic heterocycles. The van der Waals surface area contributed by atoms with Crippen LogP contribution in [-0.4, -0.2) is 0 Å². The van der Waals surface area contributed by atoms with Crippen molar-refractivity contribution in [2.24, 2.45) is 0 Å². The summed E-state index contributed by atoms with van der Waals surface area (Å²) in [5.41, 5.74) is 5.37. The highest BCUT2D eigenvalue weighted by atomic mass is 19.4. The van der Waals surface area contributed by atoms with Gasteiger partial charge in [-0.05, 0) is 24.3 Å². The van der Waals surface area contributed by atoms with Gasteiger partial charge in [-0.3, -0.25) is 0 Å². The molecule has 0 bridgehead atoms. The maximum atomic E-state index is 12.8. The lowest BCUT2D eigenvalue weighted by Crippen LogP contribution is -2.10. The van der Waals surface area contributed by atoms with Crippen molar-refractivity contribution < 1.29 is 17.9 Å². The number of nitrogen functional groups attached to an aromatic ring is 1. The Balaban J connectivity index is 2.16. The van der Waals surface area contributed by atoms with Crippen molar-refractivity contribution in [3.63, 3.8) is 0 Å². The first-order valence-electron chi connectivity index (χ1n) is 5.51. The fourth-order valence-corrected chi connectivity index (χ4v) is 1.63. The number of nitrogens with two attached hydrogens (primary N) is 1. The third-order valence-electron chi connectivity index (χ3n) is 2.50.